The van der Waals surface area contributed by atoms with Crippen molar-refractivity contribution in [2.24, 2.45) is 10.6 Å². The Balaban J connectivity index is 2.10. The average Bonchev–Trinajstić information content (AvgIpc) is 3.02. The minimum atomic E-state index is -3.77. The van der Waals surface area contributed by atoms with Gasteiger partial charge in [-0.15, -0.1) is 0 Å². The number of sulfonamides is 1. The van der Waals surface area contributed by atoms with E-state index in [9.17, 15) is 18.6 Å². The Hall–Kier alpha value is -1.96. The van der Waals surface area contributed by atoms with Crippen LogP contribution in [0.2, 0.25) is 5.02 Å². The van der Waals surface area contributed by atoms with Gasteiger partial charge in [0.15, 0.2) is 0 Å². The zero-order chi connectivity index (χ0) is 18.9. The van der Waals surface area contributed by atoms with Gasteiger partial charge in [-0.1, -0.05) is 48.0 Å². The molecule has 0 heterocycles. The lowest BCUT2D eigenvalue weighted by Gasteiger charge is -2.18. The molecule has 136 valence electrons. The number of aliphatic hydroxyl groups excluding tert-OH is 2. The summed E-state index contributed by atoms with van der Waals surface area (Å²) in [5.41, 5.74) is 2.36. The number of hydrogen-bond donors (Lipinski definition) is 3. The van der Waals surface area contributed by atoms with Crippen LogP contribution < -0.4 is 5.14 Å². The molecule has 1 aliphatic carbocycles. The standard InChI is InChI=1S/C19H18ClNO4S/c20-15-5-1-13(2-6-15)17-9-19(11-22,12-23)10-18(17)14-3-7-16(8-4-14)26(21,24)25/h1-10,22-23H,11-12H2,(H2,21,24,25). The summed E-state index contributed by atoms with van der Waals surface area (Å²) in [6, 6.07) is 13.4. The van der Waals surface area contributed by atoms with Gasteiger partial charge in [-0.05, 0) is 46.5 Å². The molecule has 4 N–H and O–H groups in total. The molecule has 0 aromatic heterocycles. The lowest BCUT2D eigenvalue weighted by molar-refractivity contribution is 0.131. The Morgan fingerprint density at radius 3 is 1.65 bits per heavy atom. The first-order valence-electron chi connectivity index (χ1n) is 7.85. The molecule has 7 heteroatoms. The van der Waals surface area contributed by atoms with Crippen molar-refractivity contribution in [1.29, 1.82) is 0 Å². The van der Waals surface area contributed by atoms with Crippen molar-refractivity contribution in [1.82, 2.24) is 0 Å². The lowest BCUT2D eigenvalue weighted by atomic mass is 9.91. The maximum Gasteiger partial charge on any atom is 0.238 e. The van der Waals surface area contributed by atoms with E-state index in [0.29, 0.717) is 5.02 Å². The fraction of sp³-hybridized carbons (Fsp3) is 0.158. The van der Waals surface area contributed by atoms with Gasteiger partial charge in [-0.3, -0.25) is 0 Å². The van der Waals surface area contributed by atoms with Gasteiger partial charge in [-0.25, -0.2) is 13.6 Å². The Labute approximate surface area is 157 Å². The van der Waals surface area contributed by atoms with Crippen LogP contribution in [0.15, 0.2) is 65.6 Å². The maximum absolute atomic E-state index is 11.5. The predicted molar refractivity (Wildman–Crippen MR) is 102 cm³/mol. The maximum atomic E-state index is 11.5. The van der Waals surface area contributed by atoms with Gasteiger partial charge >= 0.3 is 0 Å². The molecule has 5 nitrogen and oxygen atoms in total. The smallest absolute Gasteiger partial charge is 0.238 e. The van der Waals surface area contributed by atoms with Crippen LogP contribution in [-0.4, -0.2) is 31.8 Å². The van der Waals surface area contributed by atoms with Crippen LogP contribution in [0.4, 0.5) is 0 Å². The van der Waals surface area contributed by atoms with Crippen LogP contribution >= 0.6 is 11.6 Å². The average molecular weight is 392 g/mol. The molecule has 0 fully saturated rings. The highest BCUT2D eigenvalue weighted by atomic mass is 35.5. The predicted octanol–water partition coefficient (Wildman–Crippen LogP) is 2.44. The number of aliphatic hydroxyl groups is 2. The second kappa shape index (κ2) is 6.98. The largest absolute Gasteiger partial charge is 0.395 e. The molecule has 0 spiro atoms. The van der Waals surface area contributed by atoms with E-state index in [1.54, 1.807) is 30.3 Å². The SMILES string of the molecule is NS(=O)(=O)c1ccc(C2=CC(CO)(CO)C=C2c2ccc(Cl)cc2)cc1. The molecule has 0 unspecified atom stereocenters. The van der Waals surface area contributed by atoms with E-state index in [-0.39, 0.29) is 18.1 Å². The van der Waals surface area contributed by atoms with Crippen LogP contribution in [0, 0.1) is 5.41 Å². The molecule has 0 amide bonds. The number of rotatable bonds is 5. The minimum Gasteiger partial charge on any atom is -0.395 e. The van der Waals surface area contributed by atoms with Crippen molar-refractivity contribution in [2.75, 3.05) is 13.2 Å². The van der Waals surface area contributed by atoms with Gasteiger partial charge in [0.1, 0.15) is 0 Å². The van der Waals surface area contributed by atoms with Crippen molar-refractivity contribution < 1.29 is 18.6 Å². The van der Waals surface area contributed by atoms with E-state index in [2.05, 4.69) is 0 Å². The van der Waals surface area contributed by atoms with Gasteiger partial charge in [0, 0.05) is 5.02 Å². The van der Waals surface area contributed by atoms with Gasteiger partial charge in [0.25, 0.3) is 0 Å². The fourth-order valence-electron chi connectivity index (χ4n) is 2.94. The molecule has 0 saturated heterocycles. The van der Waals surface area contributed by atoms with Gasteiger partial charge in [0.2, 0.25) is 10.0 Å². The molecule has 2 aromatic rings. The quantitative estimate of drug-likeness (QED) is 0.728. The second-order valence-electron chi connectivity index (χ2n) is 6.24. The van der Waals surface area contributed by atoms with E-state index in [4.69, 9.17) is 16.7 Å². The van der Waals surface area contributed by atoms with Crippen LogP contribution in [-0.2, 0) is 10.0 Å². The summed E-state index contributed by atoms with van der Waals surface area (Å²) < 4.78 is 22.9. The second-order valence-corrected chi connectivity index (χ2v) is 8.24. The van der Waals surface area contributed by atoms with Crippen LogP contribution in [0.25, 0.3) is 11.1 Å². The summed E-state index contributed by atoms with van der Waals surface area (Å²) in [5, 5.41) is 25.3. The highest BCUT2D eigenvalue weighted by molar-refractivity contribution is 7.89. The number of primary sulfonamides is 1. The van der Waals surface area contributed by atoms with E-state index >= 15 is 0 Å². The summed E-state index contributed by atoms with van der Waals surface area (Å²) in [7, 11) is -3.77. The monoisotopic (exact) mass is 391 g/mol. The van der Waals surface area contributed by atoms with E-state index < -0.39 is 15.4 Å². The number of nitrogens with two attached hydrogens (primary N) is 1. The normalized spacial score (nSPS) is 16.3. The molecule has 3 rings (SSSR count). The van der Waals surface area contributed by atoms with E-state index in [0.717, 1.165) is 22.3 Å². The Bertz CT molecular complexity index is 973. The van der Waals surface area contributed by atoms with Crippen molar-refractivity contribution in [2.45, 2.75) is 4.90 Å². The van der Waals surface area contributed by atoms with Crippen molar-refractivity contribution in [3.05, 3.63) is 76.8 Å². The van der Waals surface area contributed by atoms with Crippen molar-refractivity contribution in [3.63, 3.8) is 0 Å². The fourth-order valence-corrected chi connectivity index (χ4v) is 3.58. The van der Waals surface area contributed by atoms with E-state index in [1.807, 2.05) is 18.2 Å². The van der Waals surface area contributed by atoms with E-state index in [1.165, 1.54) is 12.1 Å². The molecule has 1 aliphatic rings. The summed E-state index contributed by atoms with van der Waals surface area (Å²) >= 11 is 5.96. The third-order valence-corrected chi connectivity index (χ3v) is 5.57. The molecule has 0 aliphatic heterocycles. The molecule has 26 heavy (non-hydrogen) atoms. The number of halogens is 1. The van der Waals surface area contributed by atoms with Crippen LogP contribution in [0.3, 0.4) is 0 Å². The zero-order valence-corrected chi connectivity index (χ0v) is 15.3. The molecular weight excluding hydrogens is 374 g/mol. The molecule has 0 bridgehead atoms. The highest BCUT2D eigenvalue weighted by Gasteiger charge is 2.32. The molecule has 0 atom stereocenters. The number of benzene rings is 2. The Morgan fingerprint density at radius 2 is 1.27 bits per heavy atom. The summed E-state index contributed by atoms with van der Waals surface area (Å²) in [6.07, 6.45) is 3.61. The summed E-state index contributed by atoms with van der Waals surface area (Å²) in [6.45, 7) is -0.501. The summed E-state index contributed by atoms with van der Waals surface area (Å²) in [4.78, 5) is 0.0208. The van der Waals surface area contributed by atoms with Crippen LogP contribution in [0.1, 0.15) is 11.1 Å². The molecular formula is C19H18ClNO4S. The zero-order valence-electron chi connectivity index (χ0n) is 13.8. The minimum absolute atomic E-state index is 0.0208. The Morgan fingerprint density at radius 1 is 0.846 bits per heavy atom. The summed E-state index contributed by atoms with van der Waals surface area (Å²) in [5.74, 6) is 0. The third-order valence-electron chi connectivity index (χ3n) is 4.39. The first kappa shape index (κ1) is 18.8. The van der Waals surface area contributed by atoms with Crippen molar-refractivity contribution in [3.8, 4) is 0 Å². The lowest BCUT2D eigenvalue weighted by Crippen LogP contribution is -2.23. The number of hydrogen-bond acceptors (Lipinski definition) is 4. The topological polar surface area (TPSA) is 101 Å². The highest BCUT2D eigenvalue weighted by Crippen LogP contribution is 2.44. The first-order valence-corrected chi connectivity index (χ1v) is 9.77. The molecule has 0 saturated carbocycles. The number of allylic oxidation sites excluding steroid dienone is 2. The van der Waals surface area contributed by atoms with Gasteiger partial charge < -0.3 is 10.2 Å². The Kier molecular flexibility index (Phi) is 5.05. The van der Waals surface area contributed by atoms with Crippen LogP contribution in [0.5, 0.6) is 0 Å². The molecule has 0 radical (unpaired) electrons. The molecule has 2 aromatic carbocycles. The van der Waals surface area contributed by atoms with Crippen molar-refractivity contribution >= 4 is 32.8 Å². The first-order chi connectivity index (χ1) is 12.3. The van der Waals surface area contributed by atoms with Gasteiger partial charge in [0.05, 0.1) is 23.5 Å². The third kappa shape index (κ3) is 3.60. The van der Waals surface area contributed by atoms with Gasteiger partial charge in [-0.2, -0.15) is 0 Å².